The van der Waals surface area contributed by atoms with Gasteiger partial charge in [0.1, 0.15) is 17.6 Å². The third-order valence-electron chi connectivity index (χ3n) is 8.26. The van der Waals surface area contributed by atoms with Gasteiger partial charge in [-0.25, -0.2) is 4.98 Å². The van der Waals surface area contributed by atoms with Crippen molar-refractivity contribution in [2.75, 3.05) is 18.0 Å². The minimum absolute atomic E-state index is 0. The number of aromatic nitrogens is 1. The van der Waals surface area contributed by atoms with Crippen LogP contribution in [-0.2, 0) is 0 Å². The molecule has 230 valence electrons. The summed E-state index contributed by atoms with van der Waals surface area (Å²) in [4.78, 5) is 6.25. The van der Waals surface area contributed by atoms with Crippen molar-refractivity contribution in [3.63, 3.8) is 0 Å². The van der Waals surface area contributed by atoms with E-state index in [1.165, 1.54) is 21.9 Å². The topological polar surface area (TPSA) is 61.1 Å². The fraction of sp³-hybridized carbons (Fsp3) is 0.103. The van der Waals surface area contributed by atoms with Gasteiger partial charge < -0.3 is 10.0 Å². The van der Waals surface area contributed by atoms with Gasteiger partial charge in [0, 0.05) is 35.5 Å². The van der Waals surface area contributed by atoms with Gasteiger partial charge in [-0.2, -0.15) is 21.9 Å². The summed E-state index contributed by atoms with van der Waals surface area (Å²) >= 11 is 3.31. The zero-order valence-corrected chi connectivity index (χ0v) is 30.7. The molecule has 0 aliphatic rings. The number of aromatic hydroxyl groups is 1. The van der Waals surface area contributed by atoms with Crippen LogP contribution < -0.4 is 56.3 Å². The molecule has 1 aromatic heterocycles. The maximum Gasteiger partial charge on any atom is 1.00 e. The molecule has 0 aliphatic heterocycles. The van der Waals surface area contributed by atoms with Crippen LogP contribution in [0.15, 0.2) is 173 Å². The molecule has 1 heterocycles. The quantitative estimate of drug-likeness (QED) is 0.174. The van der Waals surface area contributed by atoms with Gasteiger partial charge in [-0.3, -0.25) is 0 Å². The molecule has 8 heteroatoms. The zero-order valence-electron chi connectivity index (χ0n) is 27.1. The second kappa shape index (κ2) is 17.8. The standard InChI is InChI=1S/C24H20B.C15H17BrN4O.Na/c1-5-13-21(14-6-1)25(22-15-7-2-8-16-22,23-17-9-3-10-18-23)24-19-11-4-12-20-24;1-3-20(4-2)12-6-7-13(14(21)9-12)18-19-15-8-5-11(16)10-17-15;/h1-20H;5-10,21H,3-4H2,1-2H3;/q-1;;+1. The van der Waals surface area contributed by atoms with Gasteiger partial charge in [0.25, 0.3) is 0 Å². The molecule has 5 nitrogen and oxygen atoms in total. The number of anilines is 1. The summed E-state index contributed by atoms with van der Waals surface area (Å²) in [6.07, 6.45) is 0.435. The number of phenolic OH excluding ortho intramolecular Hbond substituents is 1. The summed E-state index contributed by atoms with van der Waals surface area (Å²) in [5.41, 5.74) is 6.75. The summed E-state index contributed by atoms with van der Waals surface area (Å²) in [6, 6.07) is 52.5. The molecule has 0 saturated carbocycles. The summed E-state index contributed by atoms with van der Waals surface area (Å²) < 4.78 is 0.882. The first-order valence-corrected chi connectivity index (χ1v) is 16.3. The van der Waals surface area contributed by atoms with E-state index in [-0.39, 0.29) is 35.3 Å². The van der Waals surface area contributed by atoms with Gasteiger partial charge in [0.05, 0.1) is 0 Å². The smallest absolute Gasteiger partial charge is 0.506 e. The Hall–Kier alpha value is -4.01. The molecule has 0 amide bonds. The summed E-state index contributed by atoms with van der Waals surface area (Å²) in [5, 5.41) is 18.1. The number of hydrogen-bond donors (Lipinski definition) is 1. The molecule has 0 radical (unpaired) electrons. The van der Waals surface area contributed by atoms with Crippen molar-refractivity contribution in [3.8, 4) is 5.75 Å². The van der Waals surface area contributed by atoms with Crippen molar-refractivity contribution >= 4 is 61.1 Å². The molecule has 5 aromatic carbocycles. The molecule has 0 aliphatic carbocycles. The Morgan fingerprint density at radius 1 is 0.617 bits per heavy atom. The van der Waals surface area contributed by atoms with Gasteiger partial charge in [-0.05, 0) is 54.0 Å². The number of phenols is 1. The SMILES string of the molecule is CCN(CC)c1ccc(N=Nc2ccc(Br)cn2)c(O)c1.[Na+].c1ccc([B-](c2ccccc2)(c2ccccc2)c2ccccc2)cc1. The Morgan fingerprint density at radius 3 is 1.43 bits per heavy atom. The number of hydrogen-bond acceptors (Lipinski definition) is 5. The predicted molar refractivity (Wildman–Crippen MR) is 198 cm³/mol. The number of benzene rings is 5. The molecule has 6 rings (SSSR count). The third-order valence-corrected chi connectivity index (χ3v) is 8.73. The van der Waals surface area contributed by atoms with Crippen molar-refractivity contribution in [3.05, 3.63) is 162 Å². The Balaban J connectivity index is 0.000000212. The molecular formula is C39H37BBrN4NaO. The second-order valence-electron chi connectivity index (χ2n) is 10.9. The van der Waals surface area contributed by atoms with Crippen LogP contribution in [0.25, 0.3) is 0 Å². The number of azo groups is 1. The summed E-state index contributed by atoms with van der Waals surface area (Å²) in [7, 11) is 0. The Labute approximate surface area is 308 Å². The normalized spacial score (nSPS) is 10.9. The van der Waals surface area contributed by atoms with Crippen LogP contribution in [-0.4, -0.2) is 29.3 Å². The van der Waals surface area contributed by atoms with Crippen LogP contribution >= 0.6 is 15.9 Å². The van der Waals surface area contributed by atoms with Crippen molar-refractivity contribution in [2.24, 2.45) is 10.2 Å². The molecule has 0 spiro atoms. The van der Waals surface area contributed by atoms with Crippen LogP contribution in [0.4, 0.5) is 17.2 Å². The monoisotopic (exact) mass is 690 g/mol. The molecule has 0 bridgehead atoms. The maximum absolute atomic E-state index is 10.0. The minimum atomic E-state index is -1.22. The predicted octanol–water partition coefficient (Wildman–Crippen LogP) is 4.88. The Kier molecular flexibility index (Phi) is 13.6. The molecule has 0 saturated heterocycles. The minimum Gasteiger partial charge on any atom is -0.506 e. The first-order chi connectivity index (χ1) is 22.6. The van der Waals surface area contributed by atoms with E-state index in [9.17, 15) is 5.11 Å². The van der Waals surface area contributed by atoms with E-state index in [4.69, 9.17) is 0 Å². The number of pyridine rings is 1. The van der Waals surface area contributed by atoms with E-state index in [2.05, 4.69) is 171 Å². The first-order valence-electron chi connectivity index (χ1n) is 15.5. The van der Waals surface area contributed by atoms with Crippen LogP contribution in [0.1, 0.15) is 13.8 Å². The zero-order chi connectivity index (χ0) is 32.2. The van der Waals surface area contributed by atoms with Gasteiger partial charge in [0.15, 0.2) is 5.82 Å². The van der Waals surface area contributed by atoms with E-state index in [1.54, 1.807) is 24.4 Å². The average molecular weight is 691 g/mol. The van der Waals surface area contributed by atoms with Gasteiger partial charge >= 0.3 is 29.6 Å². The van der Waals surface area contributed by atoms with Crippen molar-refractivity contribution in [2.45, 2.75) is 13.8 Å². The van der Waals surface area contributed by atoms with Crippen molar-refractivity contribution in [1.82, 2.24) is 4.98 Å². The molecule has 0 unspecified atom stereocenters. The van der Waals surface area contributed by atoms with Gasteiger partial charge in [-0.1, -0.05) is 121 Å². The van der Waals surface area contributed by atoms with Gasteiger partial charge in [0.2, 0.25) is 0 Å². The van der Waals surface area contributed by atoms with E-state index in [0.717, 1.165) is 23.2 Å². The molecule has 0 fully saturated rings. The van der Waals surface area contributed by atoms with Gasteiger partial charge in [-0.15, -0.1) is 10.2 Å². The van der Waals surface area contributed by atoms with Crippen LogP contribution in [0, 0.1) is 0 Å². The maximum atomic E-state index is 10.0. The average Bonchev–Trinajstić information content (AvgIpc) is 3.12. The second-order valence-corrected chi connectivity index (χ2v) is 11.8. The Bertz CT molecular complexity index is 1660. The first kappa shape index (κ1) is 35.8. The van der Waals surface area contributed by atoms with E-state index in [1.807, 2.05) is 12.1 Å². The van der Waals surface area contributed by atoms with Crippen LogP contribution in [0.2, 0.25) is 0 Å². The molecule has 6 aromatic rings. The summed E-state index contributed by atoms with van der Waals surface area (Å²) in [6.45, 7) is 5.93. The largest absolute Gasteiger partial charge is 1.00 e. The molecule has 47 heavy (non-hydrogen) atoms. The molecular weight excluding hydrogens is 654 g/mol. The fourth-order valence-electron chi connectivity index (χ4n) is 6.04. The van der Waals surface area contributed by atoms with Crippen molar-refractivity contribution < 1.29 is 34.7 Å². The van der Waals surface area contributed by atoms with E-state index >= 15 is 0 Å². The molecule has 0 atom stereocenters. The number of nitrogens with zero attached hydrogens (tertiary/aromatic N) is 4. The fourth-order valence-corrected chi connectivity index (χ4v) is 6.27. The Morgan fingerprint density at radius 2 is 1.06 bits per heavy atom. The summed E-state index contributed by atoms with van der Waals surface area (Å²) in [5.74, 6) is 0.602. The van der Waals surface area contributed by atoms with Crippen LogP contribution in [0.3, 0.4) is 0 Å². The number of halogens is 1. The van der Waals surface area contributed by atoms with Crippen molar-refractivity contribution in [1.29, 1.82) is 0 Å². The molecule has 1 N–H and O–H groups in total. The van der Waals surface area contributed by atoms with E-state index < -0.39 is 6.15 Å². The van der Waals surface area contributed by atoms with E-state index in [0.29, 0.717) is 11.5 Å². The third kappa shape index (κ3) is 8.68. The number of rotatable bonds is 9. The van der Waals surface area contributed by atoms with Crippen LogP contribution in [0.5, 0.6) is 5.75 Å².